The summed E-state index contributed by atoms with van der Waals surface area (Å²) in [5.41, 5.74) is -0.0239. The number of alkyl carbamates (subject to hydrolysis) is 1. The summed E-state index contributed by atoms with van der Waals surface area (Å²) in [7, 11) is 0. The molecule has 128 valence electrons. The third-order valence-corrected chi connectivity index (χ3v) is 3.89. The second-order valence-corrected chi connectivity index (χ2v) is 7.10. The molecule has 1 amide bonds. The molecular formula is C17H23ClFNO3. The molecule has 1 fully saturated rings. The predicted octanol–water partition coefficient (Wildman–Crippen LogP) is 4.51. The van der Waals surface area contributed by atoms with E-state index in [0.29, 0.717) is 24.5 Å². The van der Waals surface area contributed by atoms with Gasteiger partial charge in [-0.2, -0.15) is 0 Å². The summed E-state index contributed by atoms with van der Waals surface area (Å²) in [5, 5.41) is 2.82. The topological polar surface area (TPSA) is 47.6 Å². The summed E-state index contributed by atoms with van der Waals surface area (Å²) in [6.07, 6.45) is 0.326. The number of nitrogens with one attached hydrogen (secondary N) is 1. The van der Waals surface area contributed by atoms with Crippen molar-refractivity contribution < 1.29 is 18.7 Å². The summed E-state index contributed by atoms with van der Waals surface area (Å²) in [5.74, 6) is 0.265. The van der Waals surface area contributed by atoms with E-state index in [9.17, 15) is 9.18 Å². The maximum absolute atomic E-state index is 14.3. The van der Waals surface area contributed by atoms with Crippen LogP contribution in [0.1, 0.15) is 45.6 Å². The molecule has 2 unspecified atom stereocenters. The van der Waals surface area contributed by atoms with Crippen LogP contribution in [0.4, 0.5) is 9.18 Å². The summed E-state index contributed by atoms with van der Waals surface area (Å²) < 4.78 is 25.0. The van der Waals surface area contributed by atoms with Crippen LogP contribution in [0.15, 0.2) is 12.1 Å². The maximum atomic E-state index is 14.3. The van der Waals surface area contributed by atoms with Crippen LogP contribution in [0.5, 0.6) is 5.75 Å². The third-order valence-electron chi connectivity index (χ3n) is 3.59. The Morgan fingerprint density at radius 1 is 1.43 bits per heavy atom. The fraction of sp³-hybridized carbons (Fsp3) is 0.588. The van der Waals surface area contributed by atoms with Gasteiger partial charge in [0.2, 0.25) is 0 Å². The average Bonchev–Trinajstić information content (AvgIpc) is 3.18. The molecule has 1 saturated carbocycles. The highest BCUT2D eigenvalue weighted by Crippen LogP contribution is 2.51. The monoisotopic (exact) mass is 343 g/mol. The molecule has 0 spiro atoms. The highest BCUT2D eigenvalue weighted by atomic mass is 35.5. The molecule has 4 nitrogen and oxygen atoms in total. The molecule has 0 aromatic heterocycles. The lowest BCUT2D eigenvalue weighted by Gasteiger charge is -2.19. The van der Waals surface area contributed by atoms with Crippen molar-refractivity contribution in [3.63, 3.8) is 0 Å². The second-order valence-electron chi connectivity index (χ2n) is 6.69. The zero-order chi connectivity index (χ0) is 17.2. The molecule has 6 heteroatoms. The van der Waals surface area contributed by atoms with Crippen molar-refractivity contribution >= 4 is 17.7 Å². The summed E-state index contributed by atoms with van der Waals surface area (Å²) in [6.45, 7) is 8.18. The number of carbonyl (C=O) groups is 1. The second kappa shape index (κ2) is 6.95. The van der Waals surface area contributed by atoms with Crippen LogP contribution in [0, 0.1) is 11.7 Å². The molecule has 0 bridgehead atoms. The van der Waals surface area contributed by atoms with Crippen molar-refractivity contribution in [3.8, 4) is 5.75 Å². The molecule has 0 saturated heterocycles. The van der Waals surface area contributed by atoms with E-state index in [4.69, 9.17) is 21.1 Å². The van der Waals surface area contributed by atoms with Gasteiger partial charge < -0.3 is 14.8 Å². The Labute approximate surface area is 141 Å². The quantitative estimate of drug-likeness (QED) is 0.855. The summed E-state index contributed by atoms with van der Waals surface area (Å²) >= 11 is 5.89. The summed E-state index contributed by atoms with van der Waals surface area (Å²) in [4.78, 5) is 11.7. The number of benzene rings is 1. The normalized spacial score (nSPS) is 20.1. The van der Waals surface area contributed by atoms with Crippen LogP contribution in [0.2, 0.25) is 5.02 Å². The standard InChI is InChI=1S/C17H23ClFNO3/c1-5-22-13-7-6-12(18)15(19)14(13)11-8-10(11)9-20-16(21)23-17(2,3)4/h6-7,10-11H,5,8-9H2,1-4H3,(H,20,21). The Morgan fingerprint density at radius 3 is 2.74 bits per heavy atom. The molecule has 0 aliphatic heterocycles. The smallest absolute Gasteiger partial charge is 0.407 e. The molecule has 2 rings (SSSR count). The van der Waals surface area contributed by atoms with Crippen molar-refractivity contribution in [1.82, 2.24) is 5.32 Å². The SMILES string of the molecule is CCOc1ccc(Cl)c(F)c1C1CC1CNC(=O)OC(C)(C)C. The van der Waals surface area contributed by atoms with E-state index in [1.165, 1.54) is 6.07 Å². The van der Waals surface area contributed by atoms with Crippen molar-refractivity contribution in [2.75, 3.05) is 13.2 Å². The van der Waals surface area contributed by atoms with Gasteiger partial charge in [-0.05, 0) is 58.1 Å². The number of rotatable bonds is 5. The highest BCUT2D eigenvalue weighted by Gasteiger charge is 2.42. The fourth-order valence-electron chi connectivity index (χ4n) is 2.53. The van der Waals surface area contributed by atoms with E-state index in [2.05, 4.69) is 5.32 Å². The number of hydrogen-bond acceptors (Lipinski definition) is 3. The first-order valence-corrected chi connectivity index (χ1v) is 8.18. The van der Waals surface area contributed by atoms with Gasteiger partial charge in [0.15, 0.2) is 0 Å². The molecule has 0 radical (unpaired) electrons. The third kappa shape index (κ3) is 4.74. The lowest BCUT2D eigenvalue weighted by Crippen LogP contribution is -2.33. The van der Waals surface area contributed by atoms with Gasteiger partial charge in [-0.25, -0.2) is 9.18 Å². The van der Waals surface area contributed by atoms with Crippen LogP contribution in [-0.2, 0) is 4.74 Å². The molecule has 23 heavy (non-hydrogen) atoms. The van der Waals surface area contributed by atoms with Crippen molar-refractivity contribution in [1.29, 1.82) is 0 Å². The van der Waals surface area contributed by atoms with Crippen molar-refractivity contribution in [2.24, 2.45) is 5.92 Å². The molecule has 1 aliphatic rings. The lowest BCUT2D eigenvalue weighted by molar-refractivity contribution is 0.0525. The van der Waals surface area contributed by atoms with Gasteiger partial charge in [0.25, 0.3) is 0 Å². The van der Waals surface area contributed by atoms with E-state index in [1.807, 2.05) is 27.7 Å². The minimum atomic E-state index is -0.533. The van der Waals surface area contributed by atoms with Gasteiger partial charge in [0.1, 0.15) is 17.2 Å². The van der Waals surface area contributed by atoms with Crippen LogP contribution in [0.3, 0.4) is 0 Å². The van der Waals surface area contributed by atoms with Gasteiger partial charge >= 0.3 is 6.09 Å². The Hall–Kier alpha value is -1.49. The number of carbonyl (C=O) groups excluding carboxylic acids is 1. The Balaban J connectivity index is 1.98. The molecule has 1 N–H and O–H groups in total. The van der Waals surface area contributed by atoms with Crippen molar-refractivity contribution in [3.05, 3.63) is 28.5 Å². The molecule has 2 atom stereocenters. The van der Waals surface area contributed by atoms with Crippen LogP contribution < -0.4 is 10.1 Å². The van der Waals surface area contributed by atoms with E-state index in [-0.39, 0.29) is 16.9 Å². The van der Waals surface area contributed by atoms with Gasteiger partial charge in [0.05, 0.1) is 11.6 Å². The van der Waals surface area contributed by atoms with Crippen LogP contribution >= 0.6 is 11.6 Å². The van der Waals surface area contributed by atoms with Crippen molar-refractivity contribution in [2.45, 2.75) is 45.6 Å². The Bertz CT molecular complexity index is 586. The number of ether oxygens (including phenoxy) is 2. The van der Waals surface area contributed by atoms with E-state index < -0.39 is 17.5 Å². The van der Waals surface area contributed by atoms with Gasteiger partial charge in [0, 0.05) is 12.1 Å². The molecule has 1 aromatic carbocycles. The Kier molecular flexibility index (Phi) is 5.40. The van der Waals surface area contributed by atoms with E-state index in [1.54, 1.807) is 6.07 Å². The minimum absolute atomic E-state index is 0.00480. The molecular weight excluding hydrogens is 321 g/mol. The fourth-order valence-corrected chi connectivity index (χ4v) is 2.70. The summed E-state index contributed by atoms with van der Waals surface area (Å²) in [6, 6.07) is 3.20. The van der Waals surface area contributed by atoms with E-state index >= 15 is 0 Å². The van der Waals surface area contributed by atoms with Gasteiger partial charge in [-0.1, -0.05) is 11.6 Å². The molecule has 1 aromatic rings. The predicted molar refractivity (Wildman–Crippen MR) is 87.7 cm³/mol. The maximum Gasteiger partial charge on any atom is 0.407 e. The van der Waals surface area contributed by atoms with Crippen LogP contribution in [0.25, 0.3) is 0 Å². The van der Waals surface area contributed by atoms with E-state index in [0.717, 1.165) is 6.42 Å². The lowest BCUT2D eigenvalue weighted by atomic mass is 10.1. The first kappa shape index (κ1) is 17.9. The number of hydrogen-bond donors (Lipinski definition) is 1. The van der Waals surface area contributed by atoms with Crippen LogP contribution in [-0.4, -0.2) is 24.8 Å². The van der Waals surface area contributed by atoms with Gasteiger partial charge in [-0.3, -0.25) is 0 Å². The number of halogens is 2. The first-order chi connectivity index (χ1) is 10.7. The van der Waals surface area contributed by atoms with Gasteiger partial charge in [-0.15, -0.1) is 0 Å². The highest BCUT2D eigenvalue weighted by molar-refractivity contribution is 6.30. The average molecular weight is 344 g/mol. The minimum Gasteiger partial charge on any atom is -0.493 e. The zero-order valence-corrected chi connectivity index (χ0v) is 14.7. The molecule has 1 aliphatic carbocycles. The first-order valence-electron chi connectivity index (χ1n) is 7.80. The largest absolute Gasteiger partial charge is 0.493 e. The Morgan fingerprint density at radius 2 is 2.13 bits per heavy atom. The molecule has 0 heterocycles. The number of amides is 1. The zero-order valence-electron chi connectivity index (χ0n) is 13.9.